The number of rotatable bonds is 18. The molecule has 0 radical (unpaired) electrons. The first-order valence-electron chi connectivity index (χ1n) is 18.3. The van der Waals surface area contributed by atoms with Gasteiger partial charge in [-0.1, -0.05) is 0 Å². The average molecular weight is 1170 g/mol. The van der Waals surface area contributed by atoms with Gasteiger partial charge in [0, 0.05) is 39.4 Å². The van der Waals surface area contributed by atoms with Crippen molar-refractivity contribution in [2.75, 3.05) is 20.1 Å². The van der Waals surface area contributed by atoms with Crippen LogP contribution in [-0.4, -0.2) is 168 Å². The Labute approximate surface area is 387 Å². The van der Waals surface area contributed by atoms with E-state index in [0.717, 1.165) is 13.8 Å². The summed E-state index contributed by atoms with van der Waals surface area (Å²) in [5.74, 6) is -116. The Kier molecular flexibility index (Phi) is 16.9. The highest BCUT2D eigenvalue weighted by atomic mass is 19.4. The summed E-state index contributed by atoms with van der Waals surface area (Å²) in [6.45, 7) is 0.0214. The van der Waals surface area contributed by atoms with Crippen molar-refractivity contribution in [1.29, 1.82) is 0 Å². The van der Waals surface area contributed by atoms with Crippen molar-refractivity contribution in [1.82, 2.24) is 9.80 Å². The van der Waals surface area contributed by atoms with E-state index >= 15 is 0 Å². The summed E-state index contributed by atoms with van der Waals surface area (Å²) in [6.07, 6.45) is -20.6. The van der Waals surface area contributed by atoms with Crippen LogP contribution in [0.1, 0.15) is 40.0 Å². The Balaban J connectivity index is 0.000000744. The topological polar surface area (TPSA) is 139 Å². The number of carbonyl (C=O) groups is 3. The molecule has 0 aromatic rings. The van der Waals surface area contributed by atoms with Crippen molar-refractivity contribution >= 4 is 17.5 Å². The van der Waals surface area contributed by atoms with E-state index in [4.69, 9.17) is 0 Å². The third kappa shape index (κ3) is 9.54. The molecule has 0 aliphatic heterocycles. The smallest absolute Gasteiger partial charge is 0.460 e. The number of Topliss-reactive ketones (excluding diaryl/α,β-unsaturated/α-hetero) is 2. The summed E-state index contributed by atoms with van der Waals surface area (Å²) in [5.41, 5.74) is -7.29. The Morgan fingerprint density at radius 1 is 0.459 bits per heavy atom. The highest BCUT2D eigenvalue weighted by molar-refractivity contribution is 6.04. The van der Waals surface area contributed by atoms with Crippen LogP contribution in [0, 0.1) is 0 Å². The number of hydrogen-bond acceptors (Lipinski definition) is 8. The lowest BCUT2D eigenvalue weighted by molar-refractivity contribution is -0.461. The van der Waals surface area contributed by atoms with Crippen LogP contribution in [0.15, 0.2) is 22.9 Å². The van der Waals surface area contributed by atoms with E-state index in [1.165, 1.54) is 0 Å². The Bertz CT molecular complexity index is 2230. The number of hydrogen-bond donors (Lipinski definition) is 4. The molecule has 0 fully saturated rings. The molecule has 0 spiro atoms. The van der Waals surface area contributed by atoms with Crippen molar-refractivity contribution in [2.24, 2.45) is 0 Å². The van der Waals surface area contributed by atoms with Gasteiger partial charge in [-0.05, 0) is 20.8 Å². The number of aliphatic hydroxyl groups is 4. The van der Waals surface area contributed by atoms with Gasteiger partial charge < -0.3 is 30.2 Å². The number of carbonyl (C=O) groups excluding carboxylic acids is 3. The molecular formula is C33H26F32N2O7. The molecule has 2 rings (SSSR count). The van der Waals surface area contributed by atoms with Gasteiger partial charge in [0.15, 0.2) is 11.5 Å². The monoisotopic (exact) mass is 1170 g/mol. The molecule has 1 amide bonds. The zero-order valence-corrected chi connectivity index (χ0v) is 35.5. The van der Waals surface area contributed by atoms with Crippen molar-refractivity contribution in [3.05, 3.63) is 22.9 Å². The van der Waals surface area contributed by atoms with Crippen LogP contribution in [0.25, 0.3) is 0 Å². The Morgan fingerprint density at radius 2 is 0.716 bits per heavy atom. The van der Waals surface area contributed by atoms with Crippen LogP contribution in [0.2, 0.25) is 0 Å². The van der Waals surface area contributed by atoms with E-state index < -0.39 is 178 Å². The molecule has 41 heteroatoms. The molecule has 0 saturated carbocycles. The van der Waals surface area contributed by atoms with E-state index in [1.54, 1.807) is 0 Å². The maximum absolute atomic E-state index is 14.1. The highest BCUT2D eigenvalue weighted by Gasteiger charge is 2.96. The van der Waals surface area contributed by atoms with Crippen LogP contribution in [-0.2, 0) is 14.4 Å². The second kappa shape index (κ2) is 18.5. The van der Waals surface area contributed by atoms with E-state index in [0.29, 0.717) is 11.8 Å². The van der Waals surface area contributed by atoms with Gasteiger partial charge >= 0.3 is 95.3 Å². The summed E-state index contributed by atoms with van der Waals surface area (Å²) in [4.78, 5) is 34.3. The number of ketones is 2. The summed E-state index contributed by atoms with van der Waals surface area (Å²) >= 11 is 0. The van der Waals surface area contributed by atoms with Gasteiger partial charge in [0.1, 0.15) is 11.2 Å². The van der Waals surface area contributed by atoms with Crippen LogP contribution >= 0.6 is 0 Å². The first kappa shape index (κ1) is 67.4. The van der Waals surface area contributed by atoms with Crippen molar-refractivity contribution in [2.45, 2.75) is 141 Å². The summed E-state index contributed by atoms with van der Waals surface area (Å²) in [7, 11) is -0.0742. The molecule has 0 bridgehead atoms. The van der Waals surface area contributed by atoms with Gasteiger partial charge in [-0.2, -0.15) is 140 Å². The number of alkyl halides is 32. The number of amides is 1. The molecule has 2 unspecified atom stereocenters. The second-order valence-corrected chi connectivity index (χ2v) is 15.9. The van der Waals surface area contributed by atoms with Gasteiger partial charge in [-0.3, -0.25) is 14.4 Å². The predicted molar refractivity (Wildman–Crippen MR) is 171 cm³/mol. The molecule has 0 aromatic carbocycles. The molecule has 74 heavy (non-hydrogen) atoms. The fraction of sp³-hybridized carbons (Fsp3) is 0.788. The molecule has 0 heterocycles. The molecule has 9 nitrogen and oxygen atoms in total. The van der Waals surface area contributed by atoms with E-state index in [2.05, 4.69) is 0 Å². The van der Waals surface area contributed by atoms with Crippen LogP contribution in [0.4, 0.5) is 140 Å². The standard InChI is InChI=1S/C18H16F17NO3.C15H10F15NO4/c1-3-36(7-6-10(2,39)9(38)8(7)37)5-4-11(19,20)12(21,22)13(23,24)14(25,26)15(27,28)16(29,30)17(31,32)18(33,34)35;1-8(35)3-4(5(32)6(8)33)31(2)7(34)9(16,17)10(18,19)11(20,21)12(22,23)13(24,25)14(26,27)15(28,29)30/h37,39H,3-6H2,1-2H3;32,35H,3H2,1-2H3. The second-order valence-electron chi connectivity index (χ2n) is 15.9. The Hall–Kier alpha value is -4.63. The molecule has 2 aliphatic carbocycles. The molecule has 434 valence electrons. The van der Waals surface area contributed by atoms with Crippen molar-refractivity contribution < 1.29 is 175 Å². The van der Waals surface area contributed by atoms with E-state index in [9.17, 15) is 175 Å². The number of nitrogens with zero attached hydrogens (tertiary/aromatic N) is 2. The zero-order chi connectivity index (χ0) is 60.2. The minimum absolute atomic E-state index is 0.0742. The fourth-order valence-corrected chi connectivity index (χ4v) is 5.84. The summed E-state index contributed by atoms with van der Waals surface area (Å²) in [6, 6.07) is 0. The van der Waals surface area contributed by atoms with Crippen LogP contribution in [0.3, 0.4) is 0 Å². The lowest BCUT2D eigenvalue weighted by Crippen LogP contribution is -2.74. The van der Waals surface area contributed by atoms with Gasteiger partial charge in [-0.15, -0.1) is 0 Å². The summed E-state index contributed by atoms with van der Waals surface area (Å²) in [5, 5.41) is 38.5. The molecule has 4 N–H and O–H groups in total. The van der Waals surface area contributed by atoms with Gasteiger partial charge in [0.2, 0.25) is 11.6 Å². The maximum Gasteiger partial charge on any atom is 0.460 e. The highest BCUT2D eigenvalue weighted by Crippen LogP contribution is 2.65. The molecule has 2 aliphatic rings. The first-order chi connectivity index (χ1) is 31.8. The minimum Gasteiger partial charge on any atom is -0.503 e. The van der Waals surface area contributed by atoms with Crippen molar-refractivity contribution in [3.8, 4) is 0 Å². The van der Waals surface area contributed by atoms with Gasteiger partial charge in [-0.25, -0.2) is 0 Å². The van der Waals surface area contributed by atoms with E-state index in [1.807, 2.05) is 0 Å². The van der Waals surface area contributed by atoms with Crippen molar-refractivity contribution in [3.63, 3.8) is 0 Å². The molecular weight excluding hydrogens is 1140 g/mol. The third-order valence-electron chi connectivity index (χ3n) is 10.5. The molecule has 2 atom stereocenters. The van der Waals surface area contributed by atoms with Gasteiger partial charge in [0.05, 0.1) is 11.4 Å². The largest absolute Gasteiger partial charge is 0.503 e. The minimum atomic E-state index is -8.70. The van der Waals surface area contributed by atoms with Crippen LogP contribution in [0.5, 0.6) is 0 Å². The average Bonchev–Trinajstić information content (AvgIpc) is 3.55. The zero-order valence-electron chi connectivity index (χ0n) is 35.5. The fourth-order valence-electron chi connectivity index (χ4n) is 5.84. The quantitative estimate of drug-likeness (QED) is 0.0996. The lowest BCUT2D eigenvalue weighted by atomic mass is 9.88. The maximum atomic E-state index is 14.1. The number of aliphatic hydroxyl groups excluding tert-OH is 2. The first-order valence-corrected chi connectivity index (χ1v) is 18.3. The third-order valence-corrected chi connectivity index (χ3v) is 10.5. The normalized spacial score (nSPS) is 21.4. The number of halogens is 32. The Morgan fingerprint density at radius 3 is 0.973 bits per heavy atom. The molecule has 0 aromatic heterocycles. The van der Waals surface area contributed by atoms with Crippen LogP contribution < -0.4 is 0 Å². The van der Waals surface area contributed by atoms with Gasteiger partial charge in [0.25, 0.3) is 0 Å². The molecule has 0 saturated heterocycles. The van der Waals surface area contributed by atoms with E-state index in [-0.39, 0.29) is 7.05 Å². The lowest BCUT2D eigenvalue weighted by Gasteiger charge is -2.43. The predicted octanol–water partition coefficient (Wildman–Crippen LogP) is 10.5. The summed E-state index contributed by atoms with van der Waals surface area (Å²) < 4.78 is 425. The SMILES string of the molecule is CCN(CCC(F)(F)C(F)(F)C(F)(F)C(F)(F)C(F)(F)C(F)(F)C(F)(F)C(F)(F)F)C1=C(O)C(=O)C(C)(O)C1.CN(C(=O)C(F)(F)C(F)(F)C(F)(F)C(F)(F)C(F)(F)C(F)(F)C(F)(F)F)C1=C(O)C(=O)C(C)(O)C1.